The molecule has 0 aliphatic rings. The van der Waals surface area contributed by atoms with Crippen LogP contribution >= 0.6 is 0 Å². The lowest BCUT2D eigenvalue weighted by Crippen LogP contribution is -2.12. The maximum absolute atomic E-state index is 11.0. The molecule has 0 spiro atoms. The molecule has 0 aliphatic carbocycles. The van der Waals surface area contributed by atoms with Crippen molar-refractivity contribution in [3.8, 4) is 0 Å². The van der Waals surface area contributed by atoms with E-state index in [2.05, 4.69) is 6.58 Å². The van der Waals surface area contributed by atoms with Gasteiger partial charge in [0.05, 0.1) is 5.92 Å². The molecule has 96 valence electrons. The van der Waals surface area contributed by atoms with Crippen molar-refractivity contribution < 1.29 is 14.7 Å². The minimum Gasteiger partial charge on any atom is -0.481 e. The quantitative estimate of drug-likeness (QED) is 0.839. The van der Waals surface area contributed by atoms with Crippen LogP contribution in [0.5, 0.6) is 0 Å². The van der Waals surface area contributed by atoms with Crippen LogP contribution in [-0.2, 0) is 16.0 Å². The molecule has 0 saturated carbocycles. The van der Waals surface area contributed by atoms with E-state index in [1.165, 1.54) is 6.92 Å². The summed E-state index contributed by atoms with van der Waals surface area (Å²) in [5.41, 5.74) is 2.70. The number of allylic oxidation sites excluding steroid dienone is 1. The summed E-state index contributed by atoms with van der Waals surface area (Å²) in [6, 6.07) is 7.55. The summed E-state index contributed by atoms with van der Waals surface area (Å²) in [6.07, 6.45) is 0.861. The molecule has 1 atom stereocenters. The topological polar surface area (TPSA) is 54.4 Å². The summed E-state index contributed by atoms with van der Waals surface area (Å²) < 4.78 is 0. The van der Waals surface area contributed by atoms with Crippen LogP contribution in [0.25, 0.3) is 5.57 Å². The zero-order valence-corrected chi connectivity index (χ0v) is 10.8. The fraction of sp³-hybridized carbons (Fsp3) is 0.333. The maximum atomic E-state index is 11.0. The summed E-state index contributed by atoms with van der Waals surface area (Å²) in [4.78, 5) is 21.7. The monoisotopic (exact) mass is 246 g/mol. The van der Waals surface area contributed by atoms with Gasteiger partial charge in [0.2, 0.25) is 0 Å². The first-order valence-electron chi connectivity index (χ1n) is 5.89. The van der Waals surface area contributed by atoms with Crippen LogP contribution in [0.3, 0.4) is 0 Å². The lowest BCUT2D eigenvalue weighted by molar-refractivity contribution is -0.141. The lowest BCUT2D eigenvalue weighted by atomic mass is 9.97. The average molecular weight is 246 g/mol. The Labute approximate surface area is 107 Å². The Balaban J connectivity index is 2.71. The first kappa shape index (κ1) is 14.2. The van der Waals surface area contributed by atoms with Gasteiger partial charge in [0, 0.05) is 6.42 Å². The number of aliphatic carboxylic acids is 1. The van der Waals surface area contributed by atoms with E-state index in [0.29, 0.717) is 12.8 Å². The summed E-state index contributed by atoms with van der Waals surface area (Å²) in [5, 5.41) is 8.83. The van der Waals surface area contributed by atoms with Gasteiger partial charge in [-0.05, 0) is 30.0 Å². The van der Waals surface area contributed by atoms with Crippen molar-refractivity contribution in [1.82, 2.24) is 0 Å². The van der Waals surface area contributed by atoms with E-state index < -0.39 is 11.9 Å². The number of ketones is 1. The Kier molecular flexibility index (Phi) is 4.84. The third-order valence-electron chi connectivity index (χ3n) is 2.79. The summed E-state index contributed by atoms with van der Waals surface area (Å²) >= 11 is 0. The molecular formula is C15H18O3. The molecule has 0 heterocycles. The molecule has 1 aromatic carbocycles. The number of hydrogen-bond acceptors (Lipinski definition) is 2. The minimum atomic E-state index is -0.792. The Morgan fingerprint density at radius 2 is 1.83 bits per heavy atom. The highest BCUT2D eigenvalue weighted by Gasteiger charge is 2.11. The van der Waals surface area contributed by atoms with E-state index >= 15 is 0 Å². The second-order valence-corrected chi connectivity index (χ2v) is 4.62. The third-order valence-corrected chi connectivity index (χ3v) is 2.79. The van der Waals surface area contributed by atoms with Gasteiger partial charge in [0.1, 0.15) is 5.78 Å². The second-order valence-electron chi connectivity index (χ2n) is 4.62. The van der Waals surface area contributed by atoms with Crippen molar-refractivity contribution >= 4 is 17.3 Å². The van der Waals surface area contributed by atoms with Gasteiger partial charge in [0.15, 0.2) is 0 Å². The molecule has 0 aromatic heterocycles. The van der Waals surface area contributed by atoms with Gasteiger partial charge in [0.25, 0.3) is 0 Å². The van der Waals surface area contributed by atoms with Crippen LogP contribution in [0, 0.1) is 5.92 Å². The van der Waals surface area contributed by atoms with Crippen LogP contribution in [0.4, 0.5) is 0 Å². The van der Waals surface area contributed by atoms with Crippen molar-refractivity contribution in [1.29, 1.82) is 0 Å². The lowest BCUT2D eigenvalue weighted by Gasteiger charge is -2.08. The molecule has 3 heteroatoms. The van der Waals surface area contributed by atoms with Gasteiger partial charge in [-0.25, -0.2) is 0 Å². The molecule has 0 aliphatic heterocycles. The Morgan fingerprint density at radius 3 is 2.28 bits per heavy atom. The molecule has 3 nitrogen and oxygen atoms in total. The first-order valence-corrected chi connectivity index (χ1v) is 5.89. The van der Waals surface area contributed by atoms with Gasteiger partial charge in [-0.15, -0.1) is 0 Å². The van der Waals surface area contributed by atoms with E-state index in [1.807, 2.05) is 24.3 Å². The SMILES string of the molecule is C=C(CC(C)=O)c1ccc(C[C@H](C)C(=O)O)cc1. The number of rotatable bonds is 6. The molecule has 0 radical (unpaired) electrons. The largest absolute Gasteiger partial charge is 0.481 e. The molecule has 0 fully saturated rings. The van der Waals surface area contributed by atoms with Gasteiger partial charge in [-0.1, -0.05) is 37.8 Å². The average Bonchev–Trinajstić information content (AvgIpc) is 2.28. The zero-order valence-electron chi connectivity index (χ0n) is 10.8. The zero-order chi connectivity index (χ0) is 13.7. The number of carboxylic acids is 1. The molecule has 0 amide bonds. The molecule has 1 N–H and O–H groups in total. The molecule has 1 rings (SSSR count). The second kappa shape index (κ2) is 6.15. The smallest absolute Gasteiger partial charge is 0.306 e. The maximum Gasteiger partial charge on any atom is 0.306 e. The predicted molar refractivity (Wildman–Crippen MR) is 71.3 cm³/mol. The number of carboxylic acid groups (broad SMARTS) is 1. The highest BCUT2D eigenvalue weighted by atomic mass is 16.4. The van der Waals surface area contributed by atoms with E-state index in [0.717, 1.165) is 16.7 Å². The molecule has 0 bridgehead atoms. The Morgan fingerprint density at radius 1 is 1.28 bits per heavy atom. The van der Waals surface area contributed by atoms with Gasteiger partial charge in [-0.3, -0.25) is 9.59 Å². The van der Waals surface area contributed by atoms with E-state index in [1.54, 1.807) is 6.92 Å². The van der Waals surface area contributed by atoms with E-state index in [9.17, 15) is 9.59 Å². The standard InChI is InChI=1S/C15H18O3/c1-10(8-12(3)16)14-6-4-13(5-7-14)9-11(2)15(17)18/h4-7,11H,1,8-9H2,2-3H3,(H,17,18)/t11-/m0/s1. The molecular weight excluding hydrogens is 228 g/mol. The summed E-state index contributed by atoms with van der Waals surface area (Å²) in [7, 11) is 0. The third kappa shape index (κ3) is 4.17. The summed E-state index contributed by atoms with van der Waals surface area (Å²) in [5.74, 6) is -1.10. The molecule has 18 heavy (non-hydrogen) atoms. The number of carbonyl (C=O) groups excluding carboxylic acids is 1. The first-order chi connectivity index (χ1) is 8.40. The molecule has 1 aromatic rings. The van der Waals surface area contributed by atoms with Crippen molar-refractivity contribution in [3.05, 3.63) is 42.0 Å². The fourth-order valence-electron chi connectivity index (χ4n) is 1.72. The van der Waals surface area contributed by atoms with Crippen LogP contribution < -0.4 is 0 Å². The minimum absolute atomic E-state index is 0.0866. The number of benzene rings is 1. The number of hydrogen-bond donors (Lipinski definition) is 1. The Hall–Kier alpha value is -1.90. The van der Waals surface area contributed by atoms with Crippen LogP contribution in [0.15, 0.2) is 30.8 Å². The van der Waals surface area contributed by atoms with Crippen LogP contribution in [0.2, 0.25) is 0 Å². The van der Waals surface area contributed by atoms with E-state index in [4.69, 9.17) is 5.11 Å². The summed E-state index contributed by atoms with van der Waals surface area (Å²) in [6.45, 7) is 7.09. The highest BCUT2D eigenvalue weighted by molar-refractivity contribution is 5.87. The number of Topliss-reactive ketones (excluding diaryl/α,β-unsaturated/α-hetero) is 1. The Bertz CT molecular complexity index is 457. The van der Waals surface area contributed by atoms with Gasteiger partial charge < -0.3 is 5.11 Å². The normalized spacial score (nSPS) is 11.9. The van der Waals surface area contributed by atoms with E-state index in [-0.39, 0.29) is 5.78 Å². The molecule has 0 unspecified atom stereocenters. The van der Waals surface area contributed by atoms with Crippen molar-refractivity contribution in [2.75, 3.05) is 0 Å². The van der Waals surface area contributed by atoms with Gasteiger partial charge in [-0.2, -0.15) is 0 Å². The van der Waals surface area contributed by atoms with Crippen LogP contribution in [-0.4, -0.2) is 16.9 Å². The van der Waals surface area contributed by atoms with Crippen molar-refractivity contribution in [3.63, 3.8) is 0 Å². The molecule has 0 saturated heterocycles. The predicted octanol–water partition coefficient (Wildman–Crippen LogP) is 2.94. The van der Waals surface area contributed by atoms with Gasteiger partial charge >= 0.3 is 5.97 Å². The van der Waals surface area contributed by atoms with Crippen LogP contribution in [0.1, 0.15) is 31.4 Å². The van der Waals surface area contributed by atoms with Crippen molar-refractivity contribution in [2.45, 2.75) is 26.7 Å². The number of carbonyl (C=O) groups is 2. The highest BCUT2D eigenvalue weighted by Crippen LogP contribution is 2.18. The van der Waals surface area contributed by atoms with Crippen molar-refractivity contribution in [2.24, 2.45) is 5.92 Å². The fourth-order valence-corrected chi connectivity index (χ4v) is 1.72.